The molecule has 0 atom stereocenters. The molecule has 0 radical (unpaired) electrons. The van der Waals surface area contributed by atoms with Crippen LogP contribution < -0.4 is 0 Å². The average Bonchev–Trinajstić information content (AvgIpc) is 2.89. The fourth-order valence-corrected chi connectivity index (χ4v) is 6.53. The number of carbonyl (C=O) groups excluding carboxylic acids is 1. The van der Waals surface area contributed by atoms with E-state index in [9.17, 15) is 21.6 Å². The molecule has 0 N–H and O–H groups in total. The molecule has 0 spiro atoms. The first-order chi connectivity index (χ1) is 17.1. The molecular formula is C27H30N2O5S2. The van der Waals surface area contributed by atoms with E-state index in [-0.39, 0.29) is 34.7 Å². The van der Waals surface area contributed by atoms with Crippen LogP contribution >= 0.6 is 0 Å². The largest absolute Gasteiger partial charge is 0.334 e. The number of carbonyl (C=O) groups is 1. The van der Waals surface area contributed by atoms with Gasteiger partial charge >= 0.3 is 0 Å². The van der Waals surface area contributed by atoms with Crippen molar-refractivity contribution in [1.82, 2.24) is 9.21 Å². The Morgan fingerprint density at radius 3 is 1.64 bits per heavy atom. The van der Waals surface area contributed by atoms with Crippen LogP contribution in [0.5, 0.6) is 0 Å². The third kappa shape index (κ3) is 6.21. The van der Waals surface area contributed by atoms with Crippen molar-refractivity contribution in [3.8, 4) is 0 Å². The summed E-state index contributed by atoms with van der Waals surface area (Å²) >= 11 is 0. The SMILES string of the molecule is CS(=O)(=O)c1ccc(S(=O)(=O)N2CCC(C(=O)N(Cc3ccccc3)Cc3ccccc3)CC2)cc1. The molecule has 1 saturated heterocycles. The van der Waals surface area contributed by atoms with Crippen LogP contribution in [0.4, 0.5) is 0 Å². The summed E-state index contributed by atoms with van der Waals surface area (Å²) in [6, 6.07) is 24.9. The van der Waals surface area contributed by atoms with Crippen molar-refractivity contribution in [2.45, 2.75) is 35.7 Å². The Bertz CT molecular complexity index is 1340. The second-order valence-corrected chi connectivity index (χ2v) is 13.0. The zero-order valence-electron chi connectivity index (χ0n) is 20.2. The maximum atomic E-state index is 13.6. The van der Waals surface area contributed by atoms with Crippen LogP contribution in [0.2, 0.25) is 0 Å². The van der Waals surface area contributed by atoms with Gasteiger partial charge in [-0.05, 0) is 48.2 Å². The van der Waals surface area contributed by atoms with Gasteiger partial charge in [0.2, 0.25) is 15.9 Å². The average molecular weight is 527 g/mol. The normalized spacial score (nSPS) is 15.5. The quantitative estimate of drug-likeness (QED) is 0.446. The first-order valence-corrected chi connectivity index (χ1v) is 15.1. The summed E-state index contributed by atoms with van der Waals surface area (Å²) < 4.78 is 51.0. The lowest BCUT2D eigenvalue weighted by Crippen LogP contribution is -2.44. The van der Waals surface area contributed by atoms with E-state index in [4.69, 9.17) is 0 Å². The number of sulfone groups is 1. The number of nitrogens with zero attached hydrogens (tertiary/aromatic N) is 2. The van der Waals surface area contributed by atoms with Gasteiger partial charge in [0.05, 0.1) is 9.79 Å². The van der Waals surface area contributed by atoms with Crippen molar-refractivity contribution in [2.75, 3.05) is 19.3 Å². The maximum absolute atomic E-state index is 13.6. The second-order valence-electron chi connectivity index (χ2n) is 9.09. The van der Waals surface area contributed by atoms with Crippen molar-refractivity contribution in [3.05, 3.63) is 96.1 Å². The highest BCUT2D eigenvalue weighted by Gasteiger charge is 2.34. The summed E-state index contributed by atoms with van der Waals surface area (Å²) in [7, 11) is -7.19. The van der Waals surface area contributed by atoms with Crippen LogP contribution in [0.25, 0.3) is 0 Å². The summed E-state index contributed by atoms with van der Waals surface area (Å²) in [6.07, 6.45) is 1.94. The van der Waals surface area contributed by atoms with Gasteiger partial charge in [0, 0.05) is 38.4 Å². The Kier molecular flexibility index (Phi) is 7.92. The van der Waals surface area contributed by atoms with Crippen LogP contribution in [0.3, 0.4) is 0 Å². The van der Waals surface area contributed by atoms with Crippen molar-refractivity contribution >= 4 is 25.8 Å². The molecule has 1 aliphatic heterocycles. The van der Waals surface area contributed by atoms with Gasteiger partial charge in [0.1, 0.15) is 0 Å². The molecule has 36 heavy (non-hydrogen) atoms. The van der Waals surface area contributed by atoms with E-state index in [0.717, 1.165) is 17.4 Å². The van der Waals surface area contributed by atoms with Crippen LogP contribution in [0.15, 0.2) is 94.7 Å². The molecule has 3 aromatic carbocycles. The standard InChI is InChI=1S/C27H30N2O5S2/c1-35(31,32)25-12-14-26(15-13-25)36(33,34)29-18-16-24(17-19-29)27(30)28(20-22-8-4-2-5-9-22)21-23-10-6-3-7-11-23/h2-15,24H,16-21H2,1H3. The smallest absolute Gasteiger partial charge is 0.243 e. The summed E-state index contributed by atoms with van der Waals surface area (Å²) in [5, 5.41) is 0. The first kappa shape index (κ1) is 26.1. The van der Waals surface area contributed by atoms with E-state index in [1.807, 2.05) is 65.6 Å². The molecular weight excluding hydrogens is 496 g/mol. The molecule has 1 fully saturated rings. The first-order valence-electron chi connectivity index (χ1n) is 11.8. The van der Waals surface area contributed by atoms with Gasteiger partial charge in [-0.3, -0.25) is 4.79 Å². The predicted molar refractivity (Wildman–Crippen MR) is 138 cm³/mol. The number of amides is 1. The van der Waals surface area contributed by atoms with Crippen molar-refractivity contribution in [2.24, 2.45) is 5.92 Å². The number of sulfonamides is 1. The Hall–Kier alpha value is -3.01. The fraction of sp³-hybridized carbons (Fsp3) is 0.296. The number of hydrogen-bond acceptors (Lipinski definition) is 5. The van der Waals surface area contributed by atoms with Gasteiger partial charge in [-0.15, -0.1) is 0 Å². The third-order valence-electron chi connectivity index (χ3n) is 6.44. The van der Waals surface area contributed by atoms with E-state index >= 15 is 0 Å². The molecule has 3 aromatic rings. The Morgan fingerprint density at radius 1 is 0.750 bits per heavy atom. The molecule has 1 amide bonds. The minimum Gasteiger partial charge on any atom is -0.334 e. The van der Waals surface area contributed by atoms with Crippen LogP contribution in [-0.2, 0) is 37.7 Å². The van der Waals surface area contributed by atoms with E-state index < -0.39 is 19.9 Å². The van der Waals surface area contributed by atoms with Gasteiger partial charge in [0.15, 0.2) is 9.84 Å². The number of benzene rings is 3. The minimum atomic E-state index is -3.78. The van der Waals surface area contributed by atoms with E-state index in [0.29, 0.717) is 25.9 Å². The van der Waals surface area contributed by atoms with Gasteiger partial charge in [-0.2, -0.15) is 4.31 Å². The number of hydrogen-bond donors (Lipinski definition) is 0. The zero-order valence-corrected chi connectivity index (χ0v) is 21.8. The van der Waals surface area contributed by atoms with Gasteiger partial charge < -0.3 is 4.90 Å². The Morgan fingerprint density at radius 2 is 1.19 bits per heavy atom. The zero-order chi connectivity index (χ0) is 25.8. The van der Waals surface area contributed by atoms with Crippen LogP contribution in [0.1, 0.15) is 24.0 Å². The molecule has 9 heteroatoms. The number of rotatable bonds is 8. The molecule has 0 aliphatic carbocycles. The molecule has 0 saturated carbocycles. The van der Waals surface area contributed by atoms with Crippen LogP contribution in [-0.4, -0.2) is 51.3 Å². The van der Waals surface area contributed by atoms with Gasteiger partial charge in [-0.1, -0.05) is 60.7 Å². The lowest BCUT2D eigenvalue weighted by Gasteiger charge is -2.34. The topological polar surface area (TPSA) is 91.8 Å². The van der Waals surface area contributed by atoms with Gasteiger partial charge in [0.25, 0.3) is 0 Å². The van der Waals surface area contributed by atoms with E-state index in [1.165, 1.54) is 28.6 Å². The molecule has 7 nitrogen and oxygen atoms in total. The Balaban J connectivity index is 1.45. The molecule has 0 aromatic heterocycles. The lowest BCUT2D eigenvalue weighted by molar-refractivity contribution is -0.138. The second kappa shape index (κ2) is 10.9. The Labute approximate surface area is 213 Å². The summed E-state index contributed by atoms with van der Waals surface area (Å²) in [5.74, 6) is -0.242. The lowest BCUT2D eigenvalue weighted by atomic mass is 9.96. The minimum absolute atomic E-state index is 0.0252. The molecule has 1 aliphatic rings. The van der Waals surface area contributed by atoms with E-state index in [2.05, 4.69) is 0 Å². The monoisotopic (exact) mass is 526 g/mol. The number of piperidine rings is 1. The highest BCUT2D eigenvalue weighted by atomic mass is 32.2. The molecule has 0 bridgehead atoms. The maximum Gasteiger partial charge on any atom is 0.243 e. The van der Waals surface area contributed by atoms with Gasteiger partial charge in [-0.25, -0.2) is 16.8 Å². The van der Waals surface area contributed by atoms with Crippen molar-refractivity contribution in [1.29, 1.82) is 0 Å². The summed E-state index contributed by atoms with van der Waals surface area (Å²) in [6.45, 7) is 1.44. The molecule has 1 heterocycles. The molecule has 4 rings (SSSR count). The highest BCUT2D eigenvalue weighted by molar-refractivity contribution is 7.90. The highest BCUT2D eigenvalue weighted by Crippen LogP contribution is 2.27. The fourth-order valence-electron chi connectivity index (χ4n) is 4.43. The molecule has 190 valence electrons. The van der Waals surface area contributed by atoms with E-state index in [1.54, 1.807) is 0 Å². The van der Waals surface area contributed by atoms with Crippen molar-refractivity contribution < 1.29 is 21.6 Å². The molecule has 0 unspecified atom stereocenters. The van der Waals surface area contributed by atoms with Crippen molar-refractivity contribution in [3.63, 3.8) is 0 Å². The third-order valence-corrected chi connectivity index (χ3v) is 9.48. The summed E-state index contributed by atoms with van der Waals surface area (Å²) in [4.78, 5) is 15.5. The summed E-state index contributed by atoms with van der Waals surface area (Å²) in [5.41, 5.74) is 2.08. The van der Waals surface area contributed by atoms with Crippen LogP contribution in [0, 0.1) is 5.92 Å². The predicted octanol–water partition coefficient (Wildman–Crippen LogP) is 3.72.